The van der Waals surface area contributed by atoms with E-state index in [4.69, 9.17) is 21.9 Å². The third kappa shape index (κ3) is 37.2. The fraction of sp³-hybridized carbons (Fsp3) is 1.00. The standard InChI is InChI=1S/2C4H12N2O.C2H6/c2*1-6(5)3-2-4-7;1-2/h2*7H,2-5H2,1H3;1-2H3. The van der Waals surface area contributed by atoms with E-state index in [0.717, 1.165) is 25.9 Å². The Hall–Kier alpha value is -0.240. The van der Waals surface area contributed by atoms with E-state index in [0.29, 0.717) is 0 Å². The molecule has 0 aliphatic heterocycles. The lowest BCUT2D eigenvalue weighted by atomic mass is 10.4. The molecule has 0 unspecified atom stereocenters. The van der Waals surface area contributed by atoms with Crippen molar-refractivity contribution in [2.24, 2.45) is 11.7 Å². The number of hydrogen-bond acceptors (Lipinski definition) is 6. The summed E-state index contributed by atoms with van der Waals surface area (Å²) in [6, 6.07) is 0. The van der Waals surface area contributed by atoms with Gasteiger partial charge >= 0.3 is 0 Å². The van der Waals surface area contributed by atoms with Gasteiger partial charge in [-0.25, -0.2) is 0 Å². The first-order chi connectivity index (χ1) is 7.54. The molecule has 0 aliphatic rings. The molecular weight excluding hydrogens is 208 g/mol. The molecule has 0 rings (SSSR count). The number of rotatable bonds is 6. The monoisotopic (exact) mass is 238 g/mol. The number of hydrazine groups is 2. The summed E-state index contributed by atoms with van der Waals surface area (Å²) < 4.78 is 0. The van der Waals surface area contributed by atoms with Gasteiger partial charge in [0.2, 0.25) is 0 Å². The Labute approximate surface area is 99.8 Å². The van der Waals surface area contributed by atoms with Gasteiger partial charge in [0, 0.05) is 40.4 Å². The first kappa shape index (κ1) is 21.1. The number of nitrogens with two attached hydrogens (primary N) is 2. The normalized spacial score (nSPS) is 9.38. The van der Waals surface area contributed by atoms with Crippen LogP contribution in [0, 0.1) is 0 Å². The van der Waals surface area contributed by atoms with E-state index >= 15 is 0 Å². The van der Waals surface area contributed by atoms with Crippen LogP contribution in [-0.4, -0.2) is 60.6 Å². The zero-order chi connectivity index (χ0) is 13.4. The van der Waals surface area contributed by atoms with Gasteiger partial charge in [0.15, 0.2) is 0 Å². The maximum Gasteiger partial charge on any atom is 0.0443 e. The highest BCUT2D eigenvalue weighted by molar-refractivity contribution is 4.37. The van der Waals surface area contributed by atoms with Crippen molar-refractivity contribution in [3.8, 4) is 0 Å². The maximum atomic E-state index is 8.23. The van der Waals surface area contributed by atoms with Gasteiger partial charge in [0.25, 0.3) is 0 Å². The quantitative estimate of drug-likeness (QED) is 0.363. The number of aliphatic hydroxyl groups is 2. The van der Waals surface area contributed by atoms with Crippen LogP contribution >= 0.6 is 0 Å². The van der Waals surface area contributed by atoms with E-state index in [1.807, 2.05) is 13.8 Å². The second-order valence-electron chi connectivity index (χ2n) is 3.12. The average Bonchev–Trinajstić information content (AvgIpc) is 2.27. The van der Waals surface area contributed by atoms with Crippen molar-refractivity contribution in [3.63, 3.8) is 0 Å². The molecule has 16 heavy (non-hydrogen) atoms. The summed E-state index contributed by atoms with van der Waals surface area (Å²) in [6.45, 7) is 5.97. The van der Waals surface area contributed by atoms with Crippen LogP contribution in [0.3, 0.4) is 0 Å². The van der Waals surface area contributed by atoms with Crippen LogP contribution in [0.4, 0.5) is 0 Å². The maximum absolute atomic E-state index is 8.23. The summed E-state index contributed by atoms with van der Waals surface area (Å²) in [6.07, 6.45) is 1.51. The Balaban J connectivity index is -0.000000183. The third-order valence-corrected chi connectivity index (χ3v) is 1.34. The van der Waals surface area contributed by atoms with Crippen LogP contribution in [0.1, 0.15) is 26.7 Å². The highest BCUT2D eigenvalue weighted by Gasteiger charge is 1.85. The molecule has 0 aromatic rings. The van der Waals surface area contributed by atoms with Gasteiger partial charge in [0.1, 0.15) is 0 Å². The molecule has 0 aliphatic carbocycles. The molecule has 0 radical (unpaired) electrons. The van der Waals surface area contributed by atoms with Gasteiger partial charge < -0.3 is 10.2 Å². The second kappa shape index (κ2) is 20.2. The molecule has 0 bridgehead atoms. The van der Waals surface area contributed by atoms with Crippen LogP contribution in [-0.2, 0) is 0 Å². The van der Waals surface area contributed by atoms with Gasteiger partial charge in [0.05, 0.1) is 0 Å². The van der Waals surface area contributed by atoms with E-state index in [1.54, 1.807) is 24.1 Å². The smallest absolute Gasteiger partial charge is 0.0443 e. The molecule has 0 atom stereocenters. The van der Waals surface area contributed by atoms with Crippen molar-refractivity contribution < 1.29 is 10.2 Å². The number of aliphatic hydroxyl groups excluding tert-OH is 2. The van der Waals surface area contributed by atoms with Crippen molar-refractivity contribution in [2.45, 2.75) is 26.7 Å². The second-order valence-corrected chi connectivity index (χ2v) is 3.12. The SMILES string of the molecule is CC.CN(N)CCCO.CN(N)CCCO. The van der Waals surface area contributed by atoms with Crippen LogP contribution < -0.4 is 11.7 Å². The summed E-state index contributed by atoms with van der Waals surface area (Å²) in [4.78, 5) is 0. The highest BCUT2D eigenvalue weighted by atomic mass is 16.3. The molecule has 6 nitrogen and oxygen atoms in total. The molecule has 6 N–H and O–H groups in total. The third-order valence-electron chi connectivity index (χ3n) is 1.34. The average molecular weight is 238 g/mol. The molecule has 0 saturated carbocycles. The summed E-state index contributed by atoms with van der Waals surface area (Å²) in [5.74, 6) is 10.4. The fourth-order valence-corrected chi connectivity index (χ4v) is 0.640. The van der Waals surface area contributed by atoms with Crippen LogP contribution in [0.5, 0.6) is 0 Å². The topological polar surface area (TPSA) is 99.0 Å². The van der Waals surface area contributed by atoms with Crippen molar-refractivity contribution in [3.05, 3.63) is 0 Å². The van der Waals surface area contributed by atoms with Gasteiger partial charge in [-0.1, -0.05) is 13.8 Å². The van der Waals surface area contributed by atoms with Gasteiger partial charge in [-0.15, -0.1) is 0 Å². The summed E-state index contributed by atoms with van der Waals surface area (Å²) in [5.41, 5.74) is 0. The molecule has 0 aromatic carbocycles. The minimum Gasteiger partial charge on any atom is -0.396 e. The van der Waals surface area contributed by atoms with Crippen molar-refractivity contribution in [1.29, 1.82) is 0 Å². The van der Waals surface area contributed by atoms with Gasteiger partial charge in [-0.05, 0) is 12.8 Å². The predicted octanol–water partition coefficient (Wildman–Crippen LogP) is -0.625. The van der Waals surface area contributed by atoms with E-state index in [1.165, 1.54) is 0 Å². The Morgan fingerprint density at radius 3 is 1.12 bits per heavy atom. The van der Waals surface area contributed by atoms with E-state index in [-0.39, 0.29) is 13.2 Å². The number of hydrogen-bond donors (Lipinski definition) is 4. The minimum absolute atomic E-state index is 0.224. The van der Waals surface area contributed by atoms with Crippen molar-refractivity contribution in [1.82, 2.24) is 10.0 Å². The molecule has 6 heteroatoms. The molecule has 102 valence electrons. The Morgan fingerprint density at radius 1 is 0.812 bits per heavy atom. The lowest BCUT2D eigenvalue weighted by molar-refractivity contribution is 0.250. The lowest BCUT2D eigenvalue weighted by Gasteiger charge is -2.05. The Morgan fingerprint density at radius 2 is 1.06 bits per heavy atom. The van der Waals surface area contributed by atoms with Gasteiger partial charge in [-0.3, -0.25) is 21.7 Å². The van der Waals surface area contributed by atoms with E-state index in [2.05, 4.69) is 0 Å². The summed E-state index contributed by atoms with van der Waals surface area (Å²) in [7, 11) is 3.55. The van der Waals surface area contributed by atoms with Crippen molar-refractivity contribution >= 4 is 0 Å². The first-order valence-corrected chi connectivity index (χ1v) is 5.68. The molecule has 0 amide bonds. The van der Waals surface area contributed by atoms with E-state index < -0.39 is 0 Å². The largest absolute Gasteiger partial charge is 0.396 e. The zero-order valence-electron chi connectivity index (χ0n) is 11.2. The lowest BCUT2D eigenvalue weighted by Crippen LogP contribution is -2.27. The Kier molecular flexibility index (Phi) is 26.6. The summed E-state index contributed by atoms with van der Waals surface area (Å²) in [5, 5.41) is 19.6. The molecule has 0 fully saturated rings. The van der Waals surface area contributed by atoms with Gasteiger partial charge in [-0.2, -0.15) is 0 Å². The molecular formula is C10H30N4O2. The van der Waals surface area contributed by atoms with Crippen LogP contribution in [0.25, 0.3) is 0 Å². The fourth-order valence-electron chi connectivity index (χ4n) is 0.640. The number of nitrogens with zero attached hydrogens (tertiary/aromatic N) is 2. The molecule has 0 heterocycles. The molecule has 0 spiro atoms. The van der Waals surface area contributed by atoms with Crippen LogP contribution in [0.2, 0.25) is 0 Å². The highest BCUT2D eigenvalue weighted by Crippen LogP contribution is 1.75. The molecule has 0 saturated heterocycles. The minimum atomic E-state index is 0.224. The molecule has 0 aromatic heterocycles. The summed E-state index contributed by atoms with van der Waals surface area (Å²) >= 11 is 0. The van der Waals surface area contributed by atoms with E-state index in [9.17, 15) is 0 Å². The zero-order valence-corrected chi connectivity index (χ0v) is 11.2. The van der Waals surface area contributed by atoms with Crippen molar-refractivity contribution in [2.75, 3.05) is 40.4 Å². The van der Waals surface area contributed by atoms with Crippen LogP contribution in [0.15, 0.2) is 0 Å². The predicted molar refractivity (Wildman–Crippen MR) is 68.4 cm³/mol. The Bertz CT molecular complexity index is 90.8. The first-order valence-electron chi connectivity index (χ1n) is 5.68.